The maximum Gasteiger partial charge on any atom is 0.323 e. The number of amides is 2. The number of nitrogens with zero attached hydrogens (tertiary/aromatic N) is 2. The van der Waals surface area contributed by atoms with E-state index in [0.717, 1.165) is 28.7 Å². The van der Waals surface area contributed by atoms with Crippen molar-refractivity contribution in [1.82, 2.24) is 9.55 Å². The first-order valence-electron chi connectivity index (χ1n) is 7.82. The van der Waals surface area contributed by atoms with E-state index in [4.69, 9.17) is 0 Å². The maximum absolute atomic E-state index is 12.9. The Balaban J connectivity index is 1.54. The number of hydrogen-bond acceptors (Lipinski definition) is 3. The molecule has 0 saturated heterocycles. The van der Waals surface area contributed by atoms with Crippen LogP contribution in [0.2, 0.25) is 0 Å². The zero-order valence-corrected chi connectivity index (χ0v) is 14.0. The molecule has 0 radical (unpaired) electrons. The molecule has 126 valence electrons. The van der Waals surface area contributed by atoms with Crippen molar-refractivity contribution in [3.05, 3.63) is 60.5 Å². The third kappa shape index (κ3) is 3.36. The Kier molecular flexibility index (Phi) is 4.15. The summed E-state index contributed by atoms with van der Waals surface area (Å²) in [6.45, 7) is 0.952. The number of para-hydroxylation sites is 1. The van der Waals surface area contributed by atoms with Gasteiger partial charge in [-0.2, -0.15) is 0 Å². The molecule has 0 saturated carbocycles. The lowest BCUT2D eigenvalue weighted by Gasteiger charge is -2.11. The minimum Gasteiger partial charge on any atom is -0.325 e. The lowest BCUT2D eigenvalue weighted by atomic mass is 10.1. The second-order valence-corrected chi connectivity index (χ2v) is 6.64. The van der Waals surface area contributed by atoms with Crippen molar-refractivity contribution in [2.24, 2.45) is 0 Å². The predicted molar refractivity (Wildman–Crippen MR) is 97.4 cm³/mol. The summed E-state index contributed by atoms with van der Waals surface area (Å²) in [7, 11) is 0. The van der Waals surface area contributed by atoms with Gasteiger partial charge in [-0.25, -0.2) is 14.2 Å². The van der Waals surface area contributed by atoms with E-state index in [0.29, 0.717) is 11.4 Å². The summed E-state index contributed by atoms with van der Waals surface area (Å²) in [6.07, 6.45) is 2.01. The van der Waals surface area contributed by atoms with Gasteiger partial charge in [0.1, 0.15) is 5.82 Å². The van der Waals surface area contributed by atoms with Crippen LogP contribution < -0.4 is 10.6 Å². The second kappa shape index (κ2) is 6.60. The molecule has 2 aromatic carbocycles. The third-order valence-corrected chi connectivity index (χ3v) is 4.83. The van der Waals surface area contributed by atoms with Gasteiger partial charge in [0.25, 0.3) is 0 Å². The molecule has 7 heteroatoms. The molecular formula is C18H15FN4OS. The Morgan fingerprint density at radius 3 is 2.72 bits per heavy atom. The molecule has 2 amide bonds. The molecule has 0 aliphatic carbocycles. The lowest BCUT2D eigenvalue weighted by molar-refractivity contribution is 0.262. The highest BCUT2D eigenvalue weighted by atomic mass is 32.2. The van der Waals surface area contributed by atoms with Crippen LogP contribution in [0.15, 0.2) is 59.9 Å². The number of halogens is 1. The van der Waals surface area contributed by atoms with Crippen molar-refractivity contribution in [2.75, 3.05) is 16.4 Å². The number of urea groups is 1. The summed E-state index contributed by atoms with van der Waals surface area (Å²) < 4.78 is 15.1. The van der Waals surface area contributed by atoms with Gasteiger partial charge >= 0.3 is 6.03 Å². The zero-order valence-electron chi connectivity index (χ0n) is 13.2. The van der Waals surface area contributed by atoms with Gasteiger partial charge in [0.05, 0.1) is 11.4 Å². The Morgan fingerprint density at radius 2 is 1.92 bits per heavy atom. The normalized spacial score (nSPS) is 12.7. The fraction of sp³-hybridized carbons (Fsp3) is 0.111. The van der Waals surface area contributed by atoms with Crippen LogP contribution in [0.25, 0.3) is 11.3 Å². The van der Waals surface area contributed by atoms with Gasteiger partial charge in [-0.3, -0.25) is 0 Å². The van der Waals surface area contributed by atoms with Gasteiger partial charge in [-0.05, 0) is 30.3 Å². The van der Waals surface area contributed by atoms with E-state index in [1.54, 1.807) is 11.8 Å². The number of imidazole rings is 1. The van der Waals surface area contributed by atoms with Crippen molar-refractivity contribution in [3.63, 3.8) is 0 Å². The number of thioether (sulfide) groups is 1. The molecular weight excluding hydrogens is 339 g/mol. The number of aromatic nitrogens is 2. The number of carbonyl (C=O) groups is 1. The van der Waals surface area contributed by atoms with Crippen molar-refractivity contribution < 1.29 is 9.18 Å². The summed E-state index contributed by atoms with van der Waals surface area (Å²) in [5, 5.41) is 6.53. The quantitative estimate of drug-likeness (QED) is 0.731. The van der Waals surface area contributed by atoms with Gasteiger partial charge in [0.15, 0.2) is 5.16 Å². The molecule has 0 bridgehead atoms. The maximum atomic E-state index is 12.9. The van der Waals surface area contributed by atoms with E-state index in [2.05, 4.69) is 20.2 Å². The Hall–Kier alpha value is -2.80. The van der Waals surface area contributed by atoms with E-state index in [-0.39, 0.29) is 11.8 Å². The Bertz CT molecular complexity index is 902. The minimum atomic E-state index is -0.389. The SMILES string of the molecule is O=C(Nc1ccc(F)cc1)Nc1ccccc1-c1cn2c(n1)SCC2. The first-order chi connectivity index (χ1) is 12.2. The Labute approximate surface area is 148 Å². The summed E-state index contributed by atoms with van der Waals surface area (Å²) in [6, 6.07) is 12.8. The van der Waals surface area contributed by atoms with Crippen LogP contribution in [-0.4, -0.2) is 21.3 Å². The van der Waals surface area contributed by atoms with Crippen LogP contribution in [0.1, 0.15) is 0 Å². The highest BCUT2D eigenvalue weighted by Gasteiger charge is 2.17. The molecule has 0 unspecified atom stereocenters. The molecule has 4 rings (SSSR count). The molecule has 0 fully saturated rings. The van der Waals surface area contributed by atoms with Gasteiger partial charge in [0, 0.05) is 29.7 Å². The molecule has 1 aliphatic rings. The van der Waals surface area contributed by atoms with Crippen LogP contribution in [0.4, 0.5) is 20.6 Å². The van der Waals surface area contributed by atoms with Gasteiger partial charge in [-0.15, -0.1) is 0 Å². The number of fused-ring (bicyclic) bond motifs is 1. The third-order valence-electron chi connectivity index (χ3n) is 3.86. The van der Waals surface area contributed by atoms with Crippen molar-refractivity contribution in [2.45, 2.75) is 11.7 Å². The Morgan fingerprint density at radius 1 is 1.12 bits per heavy atom. The summed E-state index contributed by atoms with van der Waals surface area (Å²) in [5.41, 5.74) is 2.89. The monoisotopic (exact) mass is 354 g/mol. The van der Waals surface area contributed by atoms with E-state index < -0.39 is 0 Å². The summed E-state index contributed by atoms with van der Waals surface area (Å²) in [4.78, 5) is 16.9. The first-order valence-corrected chi connectivity index (χ1v) is 8.80. The average molecular weight is 354 g/mol. The molecule has 1 aliphatic heterocycles. The number of benzene rings is 2. The molecule has 3 aromatic rings. The fourth-order valence-corrected chi connectivity index (χ4v) is 3.62. The first kappa shape index (κ1) is 15.7. The van der Waals surface area contributed by atoms with E-state index >= 15 is 0 Å². The fourth-order valence-electron chi connectivity index (χ4n) is 2.67. The highest BCUT2D eigenvalue weighted by Crippen LogP contribution is 2.32. The number of rotatable bonds is 3. The minimum absolute atomic E-state index is 0.345. The van der Waals surface area contributed by atoms with Crippen LogP contribution >= 0.6 is 11.8 Å². The smallest absolute Gasteiger partial charge is 0.323 e. The lowest BCUT2D eigenvalue weighted by Crippen LogP contribution is -2.19. The summed E-state index contributed by atoms with van der Waals surface area (Å²) >= 11 is 1.73. The van der Waals surface area contributed by atoms with E-state index in [1.165, 1.54) is 24.3 Å². The number of anilines is 2. The van der Waals surface area contributed by atoms with Gasteiger partial charge in [-0.1, -0.05) is 30.0 Å². The topological polar surface area (TPSA) is 59.0 Å². The number of nitrogens with one attached hydrogen (secondary N) is 2. The van der Waals surface area contributed by atoms with Crippen LogP contribution in [-0.2, 0) is 6.54 Å². The van der Waals surface area contributed by atoms with Crippen molar-refractivity contribution >= 4 is 29.2 Å². The average Bonchev–Trinajstić information content (AvgIpc) is 3.19. The molecule has 5 nitrogen and oxygen atoms in total. The predicted octanol–water partition coefficient (Wildman–Crippen LogP) is 4.44. The van der Waals surface area contributed by atoms with Crippen molar-refractivity contribution in [1.29, 1.82) is 0 Å². The molecule has 0 atom stereocenters. The molecule has 2 N–H and O–H groups in total. The largest absolute Gasteiger partial charge is 0.325 e. The molecule has 2 heterocycles. The van der Waals surface area contributed by atoms with Crippen molar-refractivity contribution in [3.8, 4) is 11.3 Å². The van der Waals surface area contributed by atoms with Crippen LogP contribution in [0.5, 0.6) is 0 Å². The van der Waals surface area contributed by atoms with E-state index in [9.17, 15) is 9.18 Å². The van der Waals surface area contributed by atoms with E-state index in [1.807, 2.05) is 30.5 Å². The molecule has 25 heavy (non-hydrogen) atoms. The highest BCUT2D eigenvalue weighted by molar-refractivity contribution is 7.99. The van der Waals surface area contributed by atoms with Gasteiger partial charge in [0.2, 0.25) is 0 Å². The number of carbonyl (C=O) groups excluding carboxylic acids is 1. The summed E-state index contributed by atoms with van der Waals surface area (Å²) in [5.74, 6) is 0.699. The number of hydrogen-bond donors (Lipinski definition) is 2. The zero-order chi connectivity index (χ0) is 17.2. The van der Waals surface area contributed by atoms with Gasteiger partial charge < -0.3 is 15.2 Å². The molecule has 1 aromatic heterocycles. The second-order valence-electron chi connectivity index (χ2n) is 5.58. The molecule has 0 spiro atoms. The van der Waals surface area contributed by atoms with Crippen LogP contribution in [0.3, 0.4) is 0 Å². The van der Waals surface area contributed by atoms with Crippen LogP contribution in [0, 0.1) is 5.82 Å². The standard InChI is InChI=1S/C18H15FN4OS/c19-12-5-7-13(8-6-12)20-17(24)21-15-4-2-1-3-14(15)16-11-23-9-10-25-18(23)22-16/h1-8,11H,9-10H2,(H2,20,21,24). The number of aryl methyl sites for hydroxylation is 1.